The van der Waals surface area contributed by atoms with E-state index in [1.54, 1.807) is 17.0 Å². The first kappa shape index (κ1) is 24.1. The van der Waals surface area contributed by atoms with Gasteiger partial charge in [-0.05, 0) is 57.2 Å². The summed E-state index contributed by atoms with van der Waals surface area (Å²) in [6.45, 7) is 8.87. The van der Waals surface area contributed by atoms with Gasteiger partial charge in [-0.2, -0.15) is 4.98 Å². The normalized spacial score (nSPS) is 16.5. The van der Waals surface area contributed by atoms with Crippen LogP contribution in [0.1, 0.15) is 20.8 Å². The molecule has 0 saturated carbocycles. The second-order valence-electron chi connectivity index (χ2n) is 10.7. The van der Waals surface area contributed by atoms with Gasteiger partial charge in [-0.3, -0.25) is 15.4 Å². The van der Waals surface area contributed by atoms with Gasteiger partial charge in [0, 0.05) is 60.4 Å². The van der Waals surface area contributed by atoms with E-state index in [9.17, 15) is 4.79 Å². The number of nitrogens with zero attached hydrogens (tertiary/aromatic N) is 5. The van der Waals surface area contributed by atoms with Gasteiger partial charge in [-0.25, -0.2) is 4.79 Å². The lowest BCUT2D eigenvalue weighted by molar-refractivity contribution is -0.0452. The summed E-state index contributed by atoms with van der Waals surface area (Å²) in [5.74, 6) is 0.619. The number of hydrogen-bond acceptors (Lipinski definition) is 7. The number of nitrogens with one attached hydrogen (secondary N) is 2. The molecule has 2 aliphatic rings. The van der Waals surface area contributed by atoms with Crippen LogP contribution in [0.15, 0.2) is 42.5 Å². The topological polar surface area (TPSA) is 102 Å². The molecule has 0 bridgehead atoms. The van der Waals surface area contributed by atoms with Gasteiger partial charge in [0.1, 0.15) is 11.4 Å². The number of halogens is 1. The zero-order chi connectivity index (χ0) is 25.8. The molecule has 36 heavy (non-hydrogen) atoms. The van der Waals surface area contributed by atoms with Crippen molar-refractivity contribution in [2.45, 2.75) is 26.4 Å². The van der Waals surface area contributed by atoms with Crippen LogP contribution in [0.5, 0.6) is 0 Å². The number of fused-ring (bicyclic) bond motifs is 1. The molecule has 2 saturated heterocycles. The number of carbonyl (C=O) groups is 1. The summed E-state index contributed by atoms with van der Waals surface area (Å²) >= 11 is 6.20. The Morgan fingerprint density at radius 1 is 1.17 bits per heavy atom. The predicted octanol–water partition coefficient (Wildman–Crippen LogP) is 4.45. The van der Waals surface area contributed by atoms with Crippen LogP contribution in [0, 0.1) is 16.2 Å². The lowest BCUT2D eigenvalue weighted by Crippen LogP contribution is -2.73. The van der Waals surface area contributed by atoms with E-state index in [-0.39, 0.29) is 17.1 Å². The van der Waals surface area contributed by atoms with Gasteiger partial charge in [0.2, 0.25) is 5.62 Å². The molecule has 3 aromatic rings. The number of hydrogen-bond donors (Lipinski definition) is 2. The third-order valence-electron chi connectivity index (χ3n) is 6.69. The molecule has 9 nitrogen and oxygen atoms in total. The molecule has 188 valence electrons. The van der Waals surface area contributed by atoms with E-state index in [0.717, 1.165) is 49.3 Å². The van der Waals surface area contributed by atoms with Crippen molar-refractivity contribution in [2.24, 2.45) is 5.41 Å². The standard InChI is InChI=1S/C26H30ClN7O2/c1-25(2,3)36-24(35)33-14-26(15-33)12-32(13-26)19-7-5-6-18(11-19)31(4)22-20-9-8-17(27)10-21(20)34(16-28)23(29)30-22/h5-11,16,28-29H,12-15H2,1-4H3. The van der Waals surface area contributed by atoms with E-state index in [4.69, 9.17) is 27.2 Å². The van der Waals surface area contributed by atoms with Crippen LogP contribution >= 0.6 is 11.6 Å². The van der Waals surface area contributed by atoms with E-state index in [2.05, 4.69) is 22.0 Å². The quantitative estimate of drug-likeness (QED) is 0.401. The largest absolute Gasteiger partial charge is 0.444 e. The molecular weight excluding hydrogens is 478 g/mol. The molecule has 0 unspecified atom stereocenters. The van der Waals surface area contributed by atoms with Crippen molar-refractivity contribution >= 4 is 52.1 Å². The van der Waals surface area contributed by atoms with Crippen molar-refractivity contribution in [3.05, 3.63) is 53.1 Å². The number of carbonyl (C=O) groups excluding carboxylic acids is 1. The van der Waals surface area contributed by atoms with Gasteiger partial charge in [0.15, 0.2) is 0 Å². The molecule has 2 N–H and O–H groups in total. The molecule has 0 radical (unpaired) electrons. The zero-order valence-electron chi connectivity index (χ0n) is 20.9. The fourth-order valence-electron chi connectivity index (χ4n) is 4.99. The number of likely N-dealkylation sites (tertiary alicyclic amines) is 1. The Hall–Kier alpha value is -3.59. The zero-order valence-corrected chi connectivity index (χ0v) is 21.6. The smallest absolute Gasteiger partial charge is 0.410 e. The number of anilines is 3. The highest BCUT2D eigenvalue weighted by atomic mass is 35.5. The Labute approximate surface area is 214 Å². The number of rotatable bonds is 4. The minimum Gasteiger partial charge on any atom is -0.444 e. The Balaban J connectivity index is 1.33. The summed E-state index contributed by atoms with van der Waals surface area (Å²) in [6, 6.07) is 13.6. The van der Waals surface area contributed by atoms with E-state index < -0.39 is 5.60 Å². The van der Waals surface area contributed by atoms with Crippen LogP contribution in [0.4, 0.5) is 22.0 Å². The van der Waals surface area contributed by atoms with Crippen molar-refractivity contribution in [3.63, 3.8) is 0 Å². The van der Waals surface area contributed by atoms with Crippen LogP contribution in [-0.4, -0.2) is 65.7 Å². The molecular formula is C26H30ClN7O2. The minimum absolute atomic E-state index is 0.0398. The maximum atomic E-state index is 12.3. The van der Waals surface area contributed by atoms with Crippen molar-refractivity contribution < 1.29 is 9.53 Å². The van der Waals surface area contributed by atoms with Crippen molar-refractivity contribution in [3.8, 4) is 0 Å². The summed E-state index contributed by atoms with van der Waals surface area (Å²) in [5.41, 5.74) is 2.30. The molecule has 0 aliphatic carbocycles. The molecule has 1 amide bonds. The first-order chi connectivity index (χ1) is 17.0. The fourth-order valence-corrected chi connectivity index (χ4v) is 5.16. The fraction of sp³-hybridized carbons (Fsp3) is 0.385. The first-order valence-corrected chi connectivity index (χ1v) is 12.2. The van der Waals surface area contributed by atoms with Crippen LogP contribution in [-0.2, 0) is 4.74 Å². The maximum Gasteiger partial charge on any atom is 0.410 e. The average molecular weight is 508 g/mol. The lowest BCUT2D eigenvalue weighted by atomic mass is 9.73. The van der Waals surface area contributed by atoms with Gasteiger partial charge >= 0.3 is 6.09 Å². The number of ether oxygens (including phenoxy) is 1. The predicted molar refractivity (Wildman–Crippen MR) is 142 cm³/mol. The summed E-state index contributed by atoms with van der Waals surface area (Å²) in [5, 5.41) is 17.3. The molecule has 0 atom stereocenters. The molecule has 5 rings (SSSR count). The Morgan fingerprint density at radius 2 is 1.89 bits per heavy atom. The Bertz CT molecular complexity index is 1410. The summed E-state index contributed by atoms with van der Waals surface area (Å²) in [6.07, 6.45) is 0.833. The third-order valence-corrected chi connectivity index (χ3v) is 6.92. The number of aromatic nitrogens is 2. The van der Waals surface area contributed by atoms with Crippen LogP contribution in [0.3, 0.4) is 0 Å². The highest BCUT2D eigenvalue weighted by Gasteiger charge is 2.54. The van der Waals surface area contributed by atoms with Gasteiger partial charge < -0.3 is 19.4 Å². The monoisotopic (exact) mass is 507 g/mol. The molecule has 2 aliphatic heterocycles. The molecule has 2 aromatic carbocycles. The molecule has 1 spiro atoms. The van der Waals surface area contributed by atoms with Crippen molar-refractivity contribution in [2.75, 3.05) is 43.0 Å². The molecule has 3 heterocycles. The van der Waals surface area contributed by atoms with Crippen LogP contribution in [0.25, 0.3) is 10.9 Å². The Kier molecular flexibility index (Phi) is 5.70. The second-order valence-corrected chi connectivity index (χ2v) is 11.1. The third kappa shape index (κ3) is 4.28. The van der Waals surface area contributed by atoms with E-state index in [1.165, 1.54) is 4.57 Å². The van der Waals surface area contributed by atoms with Crippen LogP contribution < -0.4 is 15.4 Å². The highest BCUT2D eigenvalue weighted by molar-refractivity contribution is 6.31. The summed E-state index contributed by atoms with van der Waals surface area (Å²) < 4.78 is 6.88. The van der Waals surface area contributed by atoms with Gasteiger partial charge in [-0.15, -0.1) is 0 Å². The molecule has 10 heteroatoms. The van der Waals surface area contributed by atoms with E-state index in [0.29, 0.717) is 16.4 Å². The van der Waals surface area contributed by atoms with Gasteiger partial charge in [0.25, 0.3) is 0 Å². The highest BCUT2D eigenvalue weighted by Crippen LogP contribution is 2.43. The molecule has 2 fully saturated rings. The Morgan fingerprint density at radius 3 is 2.56 bits per heavy atom. The lowest BCUT2D eigenvalue weighted by Gasteiger charge is -2.60. The van der Waals surface area contributed by atoms with Crippen molar-refractivity contribution in [1.29, 1.82) is 10.8 Å². The van der Waals surface area contributed by atoms with E-state index >= 15 is 0 Å². The summed E-state index contributed by atoms with van der Waals surface area (Å²) in [4.78, 5) is 22.8. The van der Waals surface area contributed by atoms with Crippen molar-refractivity contribution in [1.82, 2.24) is 14.5 Å². The summed E-state index contributed by atoms with van der Waals surface area (Å²) in [7, 11) is 1.92. The van der Waals surface area contributed by atoms with Gasteiger partial charge in [-0.1, -0.05) is 17.7 Å². The van der Waals surface area contributed by atoms with Gasteiger partial charge in [0.05, 0.1) is 11.9 Å². The average Bonchev–Trinajstić information content (AvgIpc) is 2.75. The second kappa shape index (κ2) is 8.51. The van der Waals surface area contributed by atoms with E-state index in [1.807, 2.05) is 50.9 Å². The first-order valence-electron chi connectivity index (χ1n) is 11.8. The maximum absolute atomic E-state index is 12.3. The number of benzene rings is 2. The SMILES string of the molecule is CN(c1cccc(N2CC3(CN(C(=O)OC(C)(C)C)C3)C2)c1)c1nc(=N)n(C=N)c2cc(Cl)ccc12. The minimum atomic E-state index is -0.483. The van der Waals surface area contributed by atoms with Crippen LogP contribution in [0.2, 0.25) is 5.02 Å². The number of amides is 1. The molecule has 1 aromatic heterocycles.